The van der Waals surface area contributed by atoms with Gasteiger partial charge < -0.3 is 10.6 Å². The number of nitrogens with one attached hydrogen (secondary N) is 3. The third kappa shape index (κ3) is 7.29. The van der Waals surface area contributed by atoms with E-state index < -0.39 is 10.0 Å². The van der Waals surface area contributed by atoms with Gasteiger partial charge in [0.05, 0.1) is 10.4 Å². The molecule has 0 saturated heterocycles. The summed E-state index contributed by atoms with van der Waals surface area (Å²) in [6, 6.07) is 23.1. The smallest absolute Gasteiger partial charge is 0.241 e. The summed E-state index contributed by atoms with van der Waals surface area (Å²) in [6.07, 6.45) is 2.55. The maximum absolute atomic E-state index is 12.7. The van der Waals surface area contributed by atoms with Crippen LogP contribution in [0.25, 0.3) is 10.9 Å². The molecule has 1 amide bonds. The van der Waals surface area contributed by atoms with Crippen molar-refractivity contribution in [3.63, 3.8) is 0 Å². The Morgan fingerprint density at radius 1 is 0.973 bits per heavy atom. The quantitative estimate of drug-likeness (QED) is 0.232. The summed E-state index contributed by atoms with van der Waals surface area (Å²) in [5.41, 5.74) is 3.52. The number of amides is 1. The van der Waals surface area contributed by atoms with Crippen LogP contribution < -0.4 is 15.4 Å². The molecule has 4 aromatic rings. The van der Waals surface area contributed by atoms with Crippen LogP contribution in [0.2, 0.25) is 5.02 Å². The van der Waals surface area contributed by atoms with Crippen LogP contribution in [0.5, 0.6) is 0 Å². The molecule has 1 aromatic heterocycles. The lowest BCUT2D eigenvalue weighted by molar-refractivity contribution is -0.120. The van der Waals surface area contributed by atoms with E-state index in [1.807, 2.05) is 61.5 Å². The fraction of sp³-hybridized carbons (Fsp3) is 0.214. The van der Waals surface area contributed by atoms with Gasteiger partial charge in [-0.05, 0) is 60.9 Å². The summed E-state index contributed by atoms with van der Waals surface area (Å²) in [7, 11) is -3.66. The highest BCUT2D eigenvalue weighted by Gasteiger charge is 2.18. The van der Waals surface area contributed by atoms with Crippen molar-refractivity contribution < 1.29 is 13.2 Å². The third-order valence-electron chi connectivity index (χ3n) is 5.97. The molecule has 9 heteroatoms. The van der Waals surface area contributed by atoms with Crippen molar-refractivity contribution in [2.24, 2.45) is 0 Å². The van der Waals surface area contributed by atoms with Crippen molar-refractivity contribution in [3.05, 3.63) is 101 Å². The largest absolute Gasteiger partial charge is 0.383 e. The molecular weight excluding hydrogens is 508 g/mol. The Kier molecular flexibility index (Phi) is 8.76. The Hall–Kier alpha value is -3.46. The molecule has 0 aliphatic heterocycles. The number of carbonyl (C=O) groups is 1. The molecule has 1 heterocycles. The Labute approximate surface area is 222 Å². The summed E-state index contributed by atoms with van der Waals surface area (Å²) in [4.78, 5) is 16.8. The number of halogens is 1. The lowest BCUT2D eigenvalue weighted by Gasteiger charge is -2.15. The molecule has 4 rings (SSSR count). The molecule has 0 radical (unpaired) electrons. The average Bonchev–Trinajstić information content (AvgIpc) is 2.90. The highest BCUT2D eigenvalue weighted by atomic mass is 35.5. The minimum absolute atomic E-state index is 0.0665. The van der Waals surface area contributed by atoms with Gasteiger partial charge >= 0.3 is 0 Å². The molecule has 0 aliphatic rings. The van der Waals surface area contributed by atoms with Crippen molar-refractivity contribution in [2.45, 2.75) is 30.7 Å². The number of pyridine rings is 1. The third-order valence-corrected chi connectivity index (χ3v) is 7.77. The minimum Gasteiger partial charge on any atom is -0.383 e. The molecular formula is C28H29ClN4O3S. The molecule has 37 heavy (non-hydrogen) atoms. The second-order valence-corrected chi connectivity index (χ2v) is 10.8. The molecule has 0 bridgehead atoms. The Bertz CT molecular complexity index is 1460. The number of anilines is 1. The number of hydrogen-bond donors (Lipinski definition) is 3. The van der Waals surface area contributed by atoms with Gasteiger partial charge in [0.1, 0.15) is 0 Å². The zero-order valence-corrected chi connectivity index (χ0v) is 22.0. The molecule has 0 aliphatic carbocycles. The van der Waals surface area contributed by atoms with Gasteiger partial charge in [-0.15, -0.1) is 0 Å². The van der Waals surface area contributed by atoms with Crippen LogP contribution in [-0.2, 0) is 21.2 Å². The molecule has 3 N–H and O–H groups in total. The van der Waals surface area contributed by atoms with E-state index >= 15 is 0 Å². The molecule has 0 saturated carbocycles. The zero-order valence-electron chi connectivity index (χ0n) is 20.4. The van der Waals surface area contributed by atoms with Gasteiger partial charge in [-0.2, -0.15) is 0 Å². The number of fused-ring (bicyclic) bond motifs is 1. The van der Waals surface area contributed by atoms with Crippen LogP contribution in [0.1, 0.15) is 30.5 Å². The molecule has 3 aromatic carbocycles. The first-order chi connectivity index (χ1) is 17.8. The molecule has 0 spiro atoms. The summed E-state index contributed by atoms with van der Waals surface area (Å²) < 4.78 is 28.2. The number of aryl methyl sites for hydroxylation is 1. The zero-order chi connectivity index (χ0) is 26.3. The van der Waals surface area contributed by atoms with Crippen LogP contribution in [0.3, 0.4) is 0 Å². The van der Waals surface area contributed by atoms with E-state index in [0.29, 0.717) is 31.0 Å². The second kappa shape index (κ2) is 12.2. The first kappa shape index (κ1) is 26.6. The number of benzene rings is 3. The maximum Gasteiger partial charge on any atom is 0.241 e. The van der Waals surface area contributed by atoms with Crippen LogP contribution in [-0.4, -0.2) is 32.4 Å². The van der Waals surface area contributed by atoms with Crippen molar-refractivity contribution >= 4 is 44.1 Å². The second-order valence-electron chi connectivity index (χ2n) is 8.69. The highest BCUT2D eigenvalue weighted by molar-refractivity contribution is 7.89. The standard InChI is InChI=1S/C28H29ClN4O3S/c1-20(22-5-3-2-4-6-22)33-37(35,36)24-11-7-21(8-12-24)9-14-28(34)32-18-17-31-26-15-16-30-27-19-23(29)10-13-25(26)27/h2-8,10-13,15-16,19-20,33H,9,14,17-18H2,1H3,(H,30,31)(H,32,34). The summed E-state index contributed by atoms with van der Waals surface area (Å²) in [5, 5.41) is 7.83. The van der Waals surface area contributed by atoms with Crippen LogP contribution >= 0.6 is 11.6 Å². The Morgan fingerprint density at radius 2 is 1.73 bits per heavy atom. The normalized spacial score (nSPS) is 12.3. The number of nitrogens with zero attached hydrogens (tertiary/aromatic N) is 1. The predicted molar refractivity (Wildman–Crippen MR) is 148 cm³/mol. The SMILES string of the molecule is CC(NS(=O)(=O)c1ccc(CCC(=O)NCCNc2ccnc3cc(Cl)ccc23)cc1)c1ccccc1. The number of sulfonamides is 1. The fourth-order valence-corrected chi connectivity index (χ4v) is 5.36. The van der Waals surface area contributed by atoms with E-state index in [1.54, 1.807) is 30.5 Å². The lowest BCUT2D eigenvalue weighted by atomic mass is 10.1. The van der Waals surface area contributed by atoms with E-state index in [0.717, 1.165) is 27.7 Å². The first-order valence-corrected chi connectivity index (χ1v) is 13.9. The van der Waals surface area contributed by atoms with Crippen molar-refractivity contribution in [3.8, 4) is 0 Å². The van der Waals surface area contributed by atoms with Gasteiger partial charge in [-0.3, -0.25) is 9.78 Å². The molecule has 1 unspecified atom stereocenters. The van der Waals surface area contributed by atoms with E-state index in [-0.39, 0.29) is 16.8 Å². The molecule has 7 nitrogen and oxygen atoms in total. The van der Waals surface area contributed by atoms with Gasteiger partial charge in [0.25, 0.3) is 0 Å². The van der Waals surface area contributed by atoms with E-state index in [4.69, 9.17) is 11.6 Å². The van der Waals surface area contributed by atoms with E-state index in [1.165, 1.54) is 0 Å². The monoisotopic (exact) mass is 536 g/mol. The van der Waals surface area contributed by atoms with Gasteiger partial charge in [0.2, 0.25) is 15.9 Å². The van der Waals surface area contributed by atoms with E-state index in [9.17, 15) is 13.2 Å². The van der Waals surface area contributed by atoms with Gasteiger partial charge in [0.15, 0.2) is 0 Å². The number of aromatic nitrogens is 1. The lowest BCUT2D eigenvalue weighted by Crippen LogP contribution is -2.29. The number of rotatable bonds is 11. The average molecular weight is 537 g/mol. The van der Waals surface area contributed by atoms with Crippen molar-refractivity contribution in [2.75, 3.05) is 18.4 Å². The number of hydrogen-bond acceptors (Lipinski definition) is 5. The number of carbonyl (C=O) groups excluding carboxylic acids is 1. The Balaban J connectivity index is 1.22. The van der Waals surface area contributed by atoms with Crippen molar-refractivity contribution in [1.29, 1.82) is 0 Å². The fourth-order valence-electron chi connectivity index (χ4n) is 3.97. The van der Waals surface area contributed by atoms with E-state index in [2.05, 4.69) is 20.3 Å². The predicted octanol–water partition coefficient (Wildman–Crippen LogP) is 5.09. The summed E-state index contributed by atoms with van der Waals surface area (Å²) in [5.74, 6) is -0.0665. The maximum atomic E-state index is 12.7. The van der Waals surface area contributed by atoms with Gasteiger partial charge in [0, 0.05) is 47.8 Å². The minimum atomic E-state index is -3.66. The van der Waals surface area contributed by atoms with Gasteiger partial charge in [-0.1, -0.05) is 54.1 Å². The van der Waals surface area contributed by atoms with Crippen LogP contribution in [0, 0.1) is 0 Å². The first-order valence-electron chi connectivity index (χ1n) is 12.0. The topological polar surface area (TPSA) is 100 Å². The molecule has 0 fully saturated rings. The van der Waals surface area contributed by atoms with Crippen LogP contribution in [0.4, 0.5) is 5.69 Å². The molecule has 1 atom stereocenters. The van der Waals surface area contributed by atoms with Gasteiger partial charge in [-0.25, -0.2) is 13.1 Å². The summed E-state index contributed by atoms with van der Waals surface area (Å²) in [6.45, 7) is 2.85. The summed E-state index contributed by atoms with van der Waals surface area (Å²) >= 11 is 6.04. The molecule has 192 valence electrons. The van der Waals surface area contributed by atoms with Crippen LogP contribution in [0.15, 0.2) is 90.0 Å². The highest BCUT2D eigenvalue weighted by Crippen LogP contribution is 2.24. The Morgan fingerprint density at radius 3 is 2.49 bits per heavy atom. The van der Waals surface area contributed by atoms with Crippen molar-refractivity contribution in [1.82, 2.24) is 15.0 Å².